The number of aromatic nitrogens is 1. The molecule has 1 aromatic heterocycles. The predicted molar refractivity (Wildman–Crippen MR) is 105 cm³/mol. The number of rotatable bonds is 6. The molecule has 0 aliphatic carbocycles. The van der Waals surface area contributed by atoms with Gasteiger partial charge in [-0.3, -0.25) is 4.79 Å². The Morgan fingerprint density at radius 3 is 2.46 bits per heavy atom. The first kappa shape index (κ1) is 17.8. The molecule has 0 aliphatic heterocycles. The molecular weight excluding hydrogens is 350 g/mol. The van der Waals surface area contributed by atoms with Crippen molar-refractivity contribution in [2.75, 3.05) is 17.2 Å². The second-order valence-corrected chi connectivity index (χ2v) is 5.83. The zero-order valence-electron chi connectivity index (χ0n) is 14.2. The third kappa shape index (κ3) is 4.32. The second-order valence-electron chi connectivity index (χ2n) is 5.42. The molecular formula is C20H18ClN3O2. The average molecular weight is 368 g/mol. The SMILES string of the molecule is CCOc1ccccc1Nc1ccc(C(=O)Nc2ccccc2Cl)nc1. The molecule has 3 rings (SSSR count). The number of para-hydroxylation sites is 3. The van der Waals surface area contributed by atoms with Gasteiger partial charge in [-0.25, -0.2) is 4.98 Å². The highest BCUT2D eigenvalue weighted by molar-refractivity contribution is 6.33. The Morgan fingerprint density at radius 1 is 1.04 bits per heavy atom. The topological polar surface area (TPSA) is 63.2 Å². The van der Waals surface area contributed by atoms with Crippen molar-refractivity contribution in [2.45, 2.75) is 6.92 Å². The molecule has 5 nitrogen and oxygen atoms in total. The van der Waals surface area contributed by atoms with Crippen molar-refractivity contribution in [1.29, 1.82) is 0 Å². The van der Waals surface area contributed by atoms with Crippen LogP contribution in [0.1, 0.15) is 17.4 Å². The summed E-state index contributed by atoms with van der Waals surface area (Å²) >= 11 is 6.05. The lowest BCUT2D eigenvalue weighted by molar-refractivity contribution is 0.102. The summed E-state index contributed by atoms with van der Waals surface area (Å²) in [5, 5.41) is 6.47. The monoisotopic (exact) mass is 367 g/mol. The first-order valence-electron chi connectivity index (χ1n) is 8.18. The molecule has 0 bridgehead atoms. The number of anilines is 3. The lowest BCUT2D eigenvalue weighted by Gasteiger charge is -2.12. The van der Waals surface area contributed by atoms with Gasteiger partial charge in [-0.1, -0.05) is 35.9 Å². The molecule has 0 saturated carbocycles. The van der Waals surface area contributed by atoms with E-state index in [-0.39, 0.29) is 5.91 Å². The van der Waals surface area contributed by atoms with Crippen LogP contribution in [0.25, 0.3) is 0 Å². The Labute approximate surface area is 157 Å². The molecule has 6 heteroatoms. The zero-order chi connectivity index (χ0) is 18.4. The maximum atomic E-state index is 12.3. The lowest BCUT2D eigenvalue weighted by Crippen LogP contribution is -2.13. The fourth-order valence-corrected chi connectivity index (χ4v) is 2.54. The fraction of sp³-hybridized carbons (Fsp3) is 0.100. The molecule has 0 aliphatic rings. The van der Waals surface area contributed by atoms with Crippen molar-refractivity contribution in [3.63, 3.8) is 0 Å². The molecule has 0 unspecified atom stereocenters. The van der Waals surface area contributed by atoms with Gasteiger partial charge in [0.2, 0.25) is 0 Å². The van der Waals surface area contributed by atoms with E-state index in [0.29, 0.717) is 23.0 Å². The summed E-state index contributed by atoms with van der Waals surface area (Å²) in [6, 6.07) is 18.1. The maximum absolute atomic E-state index is 12.3. The number of nitrogens with one attached hydrogen (secondary N) is 2. The van der Waals surface area contributed by atoms with E-state index in [1.165, 1.54) is 0 Å². The summed E-state index contributed by atoms with van der Waals surface area (Å²) in [5.41, 5.74) is 2.44. The zero-order valence-corrected chi connectivity index (χ0v) is 15.0. The average Bonchev–Trinajstić information content (AvgIpc) is 2.66. The van der Waals surface area contributed by atoms with Crippen molar-refractivity contribution < 1.29 is 9.53 Å². The van der Waals surface area contributed by atoms with Crippen LogP contribution in [0.5, 0.6) is 5.75 Å². The van der Waals surface area contributed by atoms with Crippen molar-refractivity contribution >= 4 is 34.6 Å². The number of ether oxygens (including phenoxy) is 1. The minimum absolute atomic E-state index is 0.300. The molecule has 0 atom stereocenters. The minimum Gasteiger partial charge on any atom is -0.492 e. The van der Waals surface area contributed by atoms with Gasteiger partial charge >= 0.3 is 0 Å². The van der Waals surface area contributed by atoms with E-state index < -0.39 is 0 Å². The number of benzene rings is 2. The number of carbonyl (C=O) groups is 1. The molecule has 0 radical (unpaired) electrons. The number of hydrogen-bond acceptors (Lipinski definition) is 4. The highest BCUT2D eigenvalue weighted by atomic mass is 35.5. The van der Waals surface area contributed by atoms with E-state index in [9.17, 15) is 4.79 Å². The summed E-state index contributed by atoms with van der Waals surface area (Å²) in [6.45, 7) is 2.52. The van der Waals surface area contributed by atoms with E-state index in [1.54, 1.807) is 42.6 Å². The summed E-state index contributed by atoms with van der Waals surface area (Å²) in [4.78, 5) is 16.5. The first-order valence-corrected chi connectivity index (χ1v) is 8.56. The van der Waals surface area contributed by atoms with Gasteiger partial charge in [-0.05, 0) is 43.3 Å². The molecule has 2 aromatic carbocycles. The molecule has 1 amide bonds. The Bertz CT molecular complexity index is 898. The van der Waals surface area contributed by atoms with Gasteiger partial charge in [0, 0.05) is 0 Å². The number of hydrogen-bond donors (Lipinski definition) is 2. The normalized spacial score (nSPS) is 10.2. The maximum Gasteiger partial charge on any atom is 0.274 e. The summed E-state index contributed by atoms with van der Waals surface area (Å²) in [6.07, 6.45) is 1.60. The molecule has 0 saturated heterocycles. The van der Waals surface area contributed by atoms with Crippen molar-refractivity contribution in [2.24, 2.45) is 0 Å². The van der Waals surface area contributed by atoms with E-state index >= 15 is 0 Å². The van der Waals surface area contributed by atoms with Crippen LogP contribution in [-0.4, -0.2) is 17.5 Å². The van der Waals surface area contributed by atoms with Gasteiger partial charge in [0.05, 0.1) is 34.9 Å². The van der Waals surface area contributed by atoms with Crippen LogP contribution in [0.3, 0.4) is 0 Å². The smallest absolute Gasteiger partial charge is 0.274 e. The Balaban J connectivity index is 1.71. The largest absolute Gasteiger partial charge is 0.492 e. The molecule has 132 valence electrons. The Morgan fingerprint density at radius 2 is 1.77 bits per heavy atom. The van der Waals surface area contributed by atoms with Gasteiger partial charge in [0.25, 0.3) is 5.91 Å². The van der Waals surface area contributed by atoms with E-state index in [0.717, 1.165) is 17.1 Å². The highest BCUT2D eigenvalue weighted by Crippen LogP contribution is 2.27. The summed E-state index contributed by atoms with van der Waals surface area (Å²) in [5.74, 6) is 0.440. The minimum atomic E-state index is -0.320. The van der Waals surface area contributed by atoms with Gasteiger partial charge in [-0.15, -0.1) is 0 Å². The van der Waals surface area contributed by atoms with Crippen LogP contribution in [0.4, 0.5) is 17.1 Å². The van der Waals surface area contributed by atoms with Crippen LogP contribution in [0, 0.1) is 0 Å². The quantitative estimate of drug-likeness (QED) is 0.634. The molecule has 2 N–H and O–H groups in total. The number of pyridine rings is 1. The van der Waals surface area contributed by atoms with Gasteiger partial charge in [0.15, 0.2) is 0 Å². The molecule has 0 fully saturated rings. The van der Waals surface area contributed by atoms with Gasteiger partial charge in [-0.2, -0.15) is 0 Å². The summed E-state index contributed by atoms with van der Waals surface area (Å²) < 4.78 is 5.59. The second kappa shape index (κ2) is 8.36. The third-order valence-electron chi connectivity index (χ3n) is 3.58. The van der Waals surface area contributed by atoms with Crippen LogP contribution in [0.2, 0.25) is 5.02 Å². The van der Waals surface area contributed by atoms with Crippen LogP contribution < -0.4 is 15.4 Å². The molecule has 3 aromatic rings. The number of halogens is 1. The lowest BCUT2D eigenvalue weighted by atomic mass is 10.2. The number of nitrogens with zero attached hydrogens (tertiary/aromatic N) is 1. The Hall–Kier alpha value is -3.05. The Kier molecular flexibility index (Phi) is 5.71. The van der Waals surface area contributed by atoms with Crippen LogP contribution in [-0.2, 0) is 0 Å². The van der Waals surface area contributed by atoms with Gasteiger partial charge < -0.3 is 15.4 Å². The predicted octanol–water partition coefficient (Wildman–Crippen LogP) is 5.13. The van der Waals surface area contributed by atoms with Gasteiger partial charge in [0.1, 0.15) is 11.4 Å². The number of carbonyl (C=O) groups excluding carboxylic acids is 1. The highest BCUT2D eigenvalue weighted by Gasteiger charge is 2.10. The standard InChI is InChI=1S/C20H18ClN3O2/c1-2-26-19-10-6-5-9-17(19)23-14-11-12-18(22-13-14)20(25)24-16-8-4-3-7-15(16)21/h3-13,23H,2H2,1H3,(H,24,25). The first-order chi connectivity index (χ1) is 12.7. The van der Waals surface area contributed by atoms with E-state index in [4.69, 9.17) is 16.3 Å². The number of amides is 1. The van der Waals surface area contributed by atoms with Crippen LogP contribution >= 0.6 is 11.6 Å². The molecule has 26 heavy (non-hydrogen) atoms. The summed E-state index contributed by atoms with van der Waals surface area (Å²) in [7, 11) is 0. The van der Waals surface area contributed by atoms with Crippen molar-refractivity contribution in [1.82, 2.24) is 4.98 Å². The van der Waals surface area contributed by atoms with E-state index in [1.807, 2.05) is 31.2 Å². The molecule has 0 spiro atoms. The van der Waals surface area contributed by atoms with Crippen LogP contribution in [0.15, 0.2) is 66.9 Å². The van der Waals surface area contributed by atoms with Crippen molar-refractivity contribution in [3.8, 4) is 5.75 Å². The van der Waals surface area contributed by atoms with Crippen molar-refractivity contribution in [3.05, 3.63) is 77.6 Å². The molecule has 1 heterocycles. The third-order valence-corrected chi connectivity index (χ3v) is 3.91. The fourth-order valence-electron chi connectivity index (χ4n) is 2.36. The van der Waals surface area contributed by atoms with E-state index in [2.05, 4.69) is 15.6 Å².